The van der Waals surface area contributed by atoms with Gasteiger partial charge < -0.3 is 10.1 Å². The van der Waals surface area contributed by atoms with Crippen molar-refractivity contribution in [2.24, 2.45) is 7.05 Å². The molecule has 0 spiro atoms. The van der Waals surface area contributed by atoms with Crippen LogP contribution in [-0.2, 0) is 19.9 Å². The van der Waals surface area contributed by atoms with Crippen molar-refractivity contribution in [1.29, 1.82) is 0 Å². The molecule has 1 heterocycles. The second-order valence-electron chi connectivity index (χ2n) is 5.06. The Bertz CT molecular complexity index is 610. The van der Waals surface area contributed by atoms with Gasteiger partial charge in [0.1, 0.15) is 5.75 Å². The van der Waals surface area contributed by atoms with E-state index >= 15 is 0 Å². The minimum Gasteiger partial charge on any atom is -0.496 e. The monoisotopic (exact) mass is 307 g/mol. The second-order valence-corrected chi connectivity index (χ2v) is 5.50. The summed E-state index contributed by atoms with van der Waals surface area (Å²) in [6.45, 7) is 2.12. The van der Waals surface area contributed by atoms with Gasteiger partial charge in [0.25, 0.3) is 0 Å². The summed E-state index contributed by atoms with van der Waals surface area (Å²) in [4.78, 5) is 0. The van der Waals surface area contributed by atoms with Crippen LogP contribution in [0.3, 0.4) is 0 Å². The summed E-state index contributed by atoms with van der Waals surface area (Å²) in [5.41, 5.74) is 3.44. The van der Waals surface area contributed by atoms with Crippen molar-refractivity contribution in [3.8, 4) is 5.75 Å². The smallest absolute Gasteiger partial charge is 0.122 e. The first-order valence-electron chi connectivity index (χ1n) is 7.11. The van der Waals surface area contributed by atoms with Gasteiger partial charge in [0.2, 0.25) is 0 Å². The predicted molar refractivity (Wildman–Crippen MR) is 86.1 cm³/mol. The Morgan fingerprint density at radius 3 is 2.81 bits per heavy atom. The molecular weight excluding hydrogens is 286 g/mol. The lowest BCUT2D eigenvalue weighted by molar-refractivity contribution is 0.406. The number of nitrogens with zero attached hydrogens (tertiary/aromatic N) is 2. The Morgan fingerprint density at radius 2 is 2.19 bits per heavy atom. The van der Waals surface area contributed by atoms with Gasteiger partial charge in [-0.25, -0.2) is 0 Å². The van der Waals surface area contributed by atoms with E-state index in [9.17, 15) is 0 Å². The average Bonchev–Trinajstić information content (AvgIpc) is 2.86. The number of hydrogen-bond acceptors (Lipinski definition) is 3. The molecule has 0 aliphatic heterocycles. The van der Waals surface area contributed by atoms with Crippen LogP contribution >= 0.6 is 11.6 Å². The Balaban J connectivity index is 2.33. The number of nitrogens with one attached hydrogen (secondary N) is 1. The van der Waals surface area contributed by atoms with E-state index in [1.54, 1.807) is 7.11 Å². The molecule has 0 saturated heterocycles. The number of benzene rings is 1. The largest absolute Gasteiger partial charge is 0.496 e. The summed E-state index contributed by atoms with van der Waals surface area (Å²) in [7, 11) is 5.60. The van der Waals surface area contributed by atoms with Crippen molar-refractivity contribution in [2.45, 2.75) is 25.8 Å². The Kier molecular flexibility index (Phi) is 5.26. The molecule has 4 nitrogen and oxygen atoms in total. The van der Waals surface area contributed by atoms with Gasteiger partial charge in [-0.3, -0.25) is 4.68 Å². The maximum atomic E-state index is 6.12. The number of rotatable bonds is 6. The van der Waals surface area contributed by atoms with Crippen molar-refractivity contribution in [3.05, 3.63) is 46.2 Å². The standard InChI is InChI=1S/C16H22ClN3O/c1-5-14-13(10-20(3)19-14)15(18-2)9-11-8-12(17)6-7-16(11)21-4/h6-8,10,15,18H,5,9H2,1-4H3. The second kappa shape index (κ2) is 6.96. The van der Waals surface area contributed by atoms with Crippen molar-refractivity contribution >= 4 is 11.6 Å². The lowest BCUT2D eigenvalue weighted by Crippen LogP contribution is -2.20. The van der Waals surface area contributed by atoms with Crippen molar-refractivity contribution in [3.63, 3.8) is 0 Å². The number of ether oxygens (including phenoxy) is 1. The molecule has 2 rings (SSSR count). The molecule has 2 aromatic rings. The van der Waals surface area contributed by atoms with E-state index in [1.165, 1.54) is 5.56 Å². The molecule has 1 atom stereocenters. The molecule has 1 unspecified atom stereocenters. The SMILES string of the molecule is CCc1nn(C)cc1C(Cc1cc(Cl)ccc1OC)NC. The van der Waals surface area contributed by atoms with Crippen LogP contribution in [0.4, 0.5) is 0 Å². The summed E-state index contributed by atoms with van der Waals surface area (Å²) in [6.07, 6.45) is 3.80. The predicted octanol–water partition coefficient (Wildman–Crippen LogP) is 3.15. The van der Waals surface area contributed by atoms with Crippen LogP contribution in [0, 0.1) is 0 Å². The number of aryl methyl sites for hydroxylation is 2. The van der Waals surface area contributed by atoms with Crippen LogP contribution < -0.4 is 10.1 Å². The molecule has 1 aromatic carbocycles. The summed E-state index contributed by atoms with van der Waals surface area (Å²) < 4.78 is 7.30. The topological polar surface area (TPSA) is 39.1 Å². The summed E-state index contributed by atoms with van der Waals surface area (Å²) in [5.74, 6) is 0.863. The normalized spacial score (nSPS) is 12.4. The highest BCUT2D eigenvalue weighted by molar-refractivity contribution is 6.30. The zero-order chi connectivity index (χ0) is 15.4. The Labute approximate surface area is 131 Å². The number of halogens is 1. The molecule has 0 fully saturated rings. The Morgan fingerprint density at radius 1 is 1.43 bits per heavy atom. The third-order valence-corrected chi connectivity index (χ3v) is 3.90. The van der Waals surface area contributed by atoms with Gasteiger partial charge in [-0.2, -0.15) is 5.10 Å². The van der Waals surface area contributed by atoms with Crippen LogP contribution in [0.5, 0.6) is 5.75 Å². The van der Waals surface area contributed by atoms with Crippen LogP contribution in [0.1, 0.15) is 29.8 Å². The molecule has 0 saturated carbocycles. The van der Waals surface area contributed by atoms with E-state index in [0.717, 1.165) is 34.9 Å². The van der Waals surface area contributed by atoms with Gasteiger partial charge >= 0.3 is 0 Å². The highest BCUT2D eigenvalue weighted by Gasteiger charge is 2.18. The number of hydrogen-bond donors (Lipinski definition) is 1. The van der Waals surface area contributed by atoms with Gasteiger partial charge in [-0.1, -0.05) is 18.5 Å². The zero-order valence-corrected chi connectivity index (χ0v) is 13.7. The summed E-state index contributed by atoms with van der Waals surface area (Å²) >= 11 is 6.12. The number of likely N-dealkylation sites (N-methyl/N-ethyl adjacent to an activating group) is 1. The van der Waals surface area contributed by atoms with E-state index in [0.29, 0.717) is 0 Å². The number of methoxy groups -OCH3 is 1. The minimum absolute atomic E-state index is 0.181. The van der Waals surface area contributed by atoms with Crippen molar-refractivity contribution in [2.75, 3.05) is 14.2 Å². The molecule has 21 heavy (non-hydrogen) atoms. The highest BCUT2D eigenvalue weighted by atomic mass is 35.5. The molecule has 0 radical (unpaired) electrons. The summed E-state index contributed by atoms with van der Waals surface area (Å²) in [5, 5.41) is 8.62. The molecule has 0 aliphatic rings. The molecule has 1 N–H and O–H groups in total. The molecule has 0 bridgehead atoms. The Hall–Kier alpha value is -1.52. The first-order valence-corrected chi connectivity index (χ1v) is 7.48. The fourth-order valence-corrected chi connectivity index (χ4v) is 2.81. The zero-order valence-electron chi connectivity index (χ0n) is 13.0. The maximum Gasteiger partial charge on any atom is 0.122 e. The van der Waals surface area contributed by atoms with Gasteiger partial charge in [-0.15, -0.1) is 0 Å². The van der Waals surface area contributed by atoms with Crippen LogP contribution in [0.15, 0.2) is 24.4 Å². The van der Waals surface area contributed by atoms with E-state index in [-0.39, 0.29) is 6.04 Å². The van der Waals surface area contributed by atoms with Gasteiger partial charge in [-0.05, 0) is 43.7 Å². The van der Waals surface area contributed by atoms with Gasteiger partial charge in [0.05, 0.1) is 12.8 Å². The molecule has 0 amide bonds. The lowest BCUT2D eigenvalue weighted by Gasteiger charge is -2.18. The third kappa shape index (κ3) is 3.57. The maximum absolute atomic E-state index is 6.12. The molecule has 5 heteroatoms. The fourth-order valence-electron chi connectivity index (χ4n) is 2.61. The third-order valence-electron chi connectivity index (χ3n) is 3.66. The van der Waals surface area contributed by atoms with Crippen LogP contribution in [-0.4, -0.2) is 23.9 Å². The van der Waals surface area contributed by atoms with Crippen LogP contribution in [0.25, 0.3) is 0 Å². The highest BCUT2D eigenvalue weighted by Crippen LogP contribution is 2.28. The molecule has 1 aromatic heterocycles. The van der Waals surface area contributed by atoms with E-state index in [2.05, 4.69) is 23.5 Å². The number of aromatic nitrogens is 2. The summed E-state index contributed by atoms with van der Waals surface area (Å²) in [6, 6.07) is 5.90. The van der Waals surface area contributed by atoms with Gasteiger partial charge in [0.15, 0.2) is 0 Å². The van der Waals surface area contributed by atoms with E-state index in [1.807, 2.05) is 37.0 Å². The lowest BCUT2D eigenvalue weighted by atomic mass is 9.98. The quantitative estimate of drug-likeness (QED) is 0.891. The van der Waals surface area contributed by atoms with Crippen LogP contribution in [0.2, 0.25) is 5.02 Å². The van der Waals surface area contributed by atoms with E-state index < -0.39 is 0 Å². The molecule has 114 valence electrons. The average molecular weight is 308 g/mol. The van der Waals surface area contributed by atoms with Crippen molar-refractivity contribution in [1.82, 2.24) is 15.1 Å². The fraction of sp³-hybridized carbons (Fsp3) is 0.438. The van der Waals surface area contributed by atoms with Crippen molar-refractivity contribution < 1.29 is 4.74 Å². The first kappa shape index (κ1) is 15.9. The van der Waals surface area contributed by atoms with Gasteiger partial charge in [0, 0.05) is 29.9 Å². The minimum atomic E-state index is 0.181. The van der Waals surface area contributed by atoms with E-state index in [4.69, 9.17) is 16.3 Å². The molecular formula is C16H22ClN3O. The first-order chi connectivity index (χ1) is 10.1. The molecule has 0 aliphatic carbocycles.